The molecule has 0 aromatic carbocycles. The minimum Gasteiger partial charge on any atom is -0.371 e. The second-order valence-corrected chi connectivity index (χ2v) is 6.83. The number of rotatable bonds is 5. The van der Waals surface area contributed by atoms with Gasteiger partial charge in [-0.1, -0.05) is 0 Å². The lowest BCUT2D eigenvalue weighted by Gasteiger charge is -2.50. The topological polar surface area (TPSA) is 59.1 Å². The van der Waals surface area contributed by atoms with Crippen LogP contribution in [-0.2, 0) is 19.1 Å². The molecule has 1 saturated carbocycles. The molecule has 22 heavy (non-hydrogen) atoms. The van der Waals surface area contributed by atoms with E-state index in [1.54, 1.807) is 19.0 Å². The molecule has 1 spiro atoms. The smallest absolute Gasteiger partial charge is 0.260 e. The third-order valence-electron chi connectivity index (χ3n) is 4.92. The van der Waals surface area contributed by atoms with Gasteiger partial charge in [-0.05, 0) is 19.3 Å². The molecule has 7 heteroatoms. The SMILES string of the molecule is CN(C)C(=O)COC[C@@H]1CCOC12CN(C(=O)C1(F)CC1)C2. The van der Waals surface area contributed by atoms with Crippen molar-refractivity contribution in [1.29, 1.82) is 0 Å². The number of carbonyl (C=O) groups is 2. The van der Waals surface area contributed by atoms with Crippen LogP contribution >= 0.6 is 0 Å². The summed E-state index contributed by atoms with van der Waals surface area (Å²) in [5.41, 5.74) is -2.01. The molecule has 2 saturated heterocycles. The van der Waals surface area contributed by atoms with Crippen LogP contribution in [0.3, 0.4) is 0 Å². The first kappa shape index (κ1) is 15.7. The van der Waals surface area contributed by atoms with Gasteiger partial charge in [-0.25, -0.2) is 4.39 Å². The Morgan fingerprint density at radius 1 is 1.36 bits per heavy atom. The van der Waals surface area contributed by atoms with Crippen LogP contribution in [0.25, 0.3) is 0 Å². The fourth-order valence-corrected chi connectivity index (χ4v) is 3.14. The Kier molecular flexibility index (Phi) is 3.89. The number of carbonyl (C=O) groups excluding carboxylic acids is 2. The largest absolute Gasteiger partial charge is 0.371 e. The summed E-state index contributed by atoms with van der Waals surface area (Å²) in [7, 11) is 3.37. The molecule has 2 aliphatic heterocycles. The van der Waals surface area contributed by atoms with Crippen molar-refractivity contribution < 1.29 is 23.5 Å². The molecule has 0 aromatic rings. The molecule has 2 heterocycles. The predicted molar refractivity (Wildman–Crippen MR) is 76.0 cm³/mol. The van der Waals surface area contributed by atoms with Crippen molar-refractivity contribution in [2.75, 3.05) is 47.0 Å². The van der Waals surface area contributed by atoms with Crippen LogP contribution in [0.15, 0.2) is 0 Å². The first-order valence-corrected chi connectivity index (χ1v) is 7.76. The first-order chi connectivity index (χ1) is 10.4. The number of nitrogens with zero attached hydrogens (tertiary/aromatic N) is 2. The molecule has 0 unspecified atom stereocenters. The Balaban J connectivity index is 1.48. The summed E-state index contributed by atoms with van der Waals surface area (Å²) < 4.78 is 25.1. The summed E-state index contributed by atoms with van der Waals surface area (Å²) in [5.74, 6) is -0.316. The van der Waals surface area contributed by atoms with E-state index < -0.39 is 17.2 Å². The molecule has 2 amide bonds. The Hall–Kier alpha value is -1.21. The maximum atomic E-state index is 13.8. The molecule has 1 aliphatic carbocycles. The number of ether oxygens (including phenoxy) is 2. The van der Waals surface area contributed by atoms with E-state index in [9.17, 15) is 14.0 Å². The van der Waals surface area contributed by atoms with Gasteiger partial charge in [-0.3, -0.25) is 9.59 Å². The van der Waals surface area contributed by atoms with Gasteiger partial charge in [0.2, 0.25) is 5.91 Å². The number of likely N-dealkylation sites (tertiary alicyclic amines) is 1. The van der Waals surface area contributed by atoms with Crippen molar-refractivity contribution in [3.63, 3.8) is 0 Å². The second-order valence-electron chi connectivity index (χ2n) is 6.83. The summed E-state index contributed by atoms with van der Waals surface area (Å²) >= 11 is 0. The van der Waals surface area contributed by atoms with Gasteiger partial charge in [-0.15, -0.1) is 0 Å². The van der Waals surface area contributed by atoms with Crippen LogP contribution in [0.4, 0.5) is 4.39 Å². The number of hydrogen-bond acceptors (Lipinski definition) is 4. The zero-order valence-corrected chi connectivity index (χ0v) is 13.1. The van der Waals surface area contributed by atoms with E-state index >= 15 is 0 Å². The highest BCUT2D eigenvalue weighted by Gasteiger charge is 2.60. The van der Waals surface area contributed by atoms with Crippen molar-refractivity contribution in [1.82, 2.24) is 9.80 Å². The number of hydrogen-bond donors (Lipinski definition) is 0. The molecule has 3 aliphatic rings. The van der Waals surface area contributed by atoms with Gasteiger partial charge in [0.25, 0.3) is 5.91 Å². The van der Waals surface area contributed by atoms with E-state index in [1.165, 1.54) is 4.90 Å². The van der Waals surface area contributed by atoms with Gasteiger partial charge < -0.3 is 19.3 Å². The molecular formula is C15H23FN2O4. The minimum atomic E-state index is -1.61. The van der Waals surface area contributed by atoms with Crippen molar-refractivity contribution >= 4 is 11.8 Å². The lowest BCUT2D eigenvalue weighted by molar-refractivity contribution is -0.174. The molecule has 0 aromatic heterocycles. The van der Waals surface area contributed by atoms with Gasteiger partial charge in [0.05, 0.1) is 19.7 Å². The number of halogens is 1. The van der Waals surface area contributed by atoms with E-state index in [2.05, 4.69) is 0 Å². The second kappa shape index (κ2) is 5.45. The normalized spacial score (nSPS) is 27.6. The molecule has 1 atom stereocenters. The van der Waals surface area contributed by atoms with Gasteiger partial charge in [0.1, 0.15) is 12.2 Å². The summed E-state index contributed by atoms with van der Waals surface area (Å²) in [5, 5.41) is 0. The Morgan fingerprint density at radius 2 is 2.05 bits per heavy atom. The summed E-state index contributed by atoms with van der Waals surface area (Å²) in [6.45, 7) is 1.98. The van der Waals surface area contributed by atoms with Crippen LogP contribution in [0.2, 0.25) is 0 Å². The molecule has 0 radical (unpaired) electrons. The van der Waals surface area contributed by atoms with Crippen molar-refractivity contribution in [3.05, 3.63) is 0 Å². The van der Waals surface area contributed by atoms with Gasteiger partial charge in [0.15, 0.2) is 5.67 Å². The lowest BCUT2D eigenvalue weighted by atomic mass is 9.81. The van der Waals surface area contributed by atoms with Crippen LogP contribution in [-0.4, -0.2) is 79.9 Å². The quantitative estimate of drug-likeness (QED) is 0.728. The summed E-state index contributed by atoms with van der Waals surface area (Å²) in [6, 6.07) is 0. The maximum Gasteiger partial charge on any atom is 0.260 e. The average molecular weight is 314 g/mol. The lowest BCUT2D eigenvalue weighted by Crippen LogP contribution is -2.68. The molecule has 0 bridgehead atoms. The van der Waals surface area contributed by atoms with E-state index in [1.807, 2.05) is 0 Å². The van der Waals surface area contributed by atoms with Gasteiger partial charge in [0, 0.05) is 26.6 Å². The molecule has 6 nitrogen and oxygen atoms in total. The average Bonchev–Trinajstić information content (AvgIpc) is 3.04. The van der Waals surface area contributed by atoms with Crippen LogP contribution in [0.5, 0.6) is 0 Å². The number of alkyl halides is 1. The van der Waals surface area contributed by atoms with E-state index in [4.69, 9.17) is 9.47 Å². The maximum absolute atomic E-state index is 13.8. The van der Waals surface area contributed by atoms with Gasteiger partial charge >= 0.3 is 0 Å². The fraction of sp³-hybridized carbons (Fsp3) is 0.867. The van der Waals surface area contributed by atoms with Crippen molar-refractivity contribution in [3.8, 4) is 0 Å². The fourth-order valence-electron chi connectivity index (χ4n) is 3.14. The Morgan fingerprint density at radius 3 is 2.64 bits per heavy atom. The molecule has 124 valence electrons. The van der Waals surface area contributed by atoms with Crippen molar-refractivity contribution in [2.24, 2.45) is 5.92 Å². The molecule has 3 fully saturated rings. The van der Waals surface area contributed by atoms with E-state index in [-0.39, 0.29) is 18.4 Å². The molecule has 0 N–H and O–H groups in total. The number of amides is 2. The monoisotopic (exact) mass is 314 g/mol. The summed E-state index contributed by atoms with van der Waals surface area (Å²) in [6.07, 6.45) is 1.53. The highest BCUT2D eigenvalue weighted by atomic mass is 19.1. The third kappa shape index (κ3) is 2.72. The highest BCUT2D eigenvalue weighted by molar-refractivity contribution is 5.88. The molecule has 3 rings (SSSR count). The first-order valence-electron chi connectivity index (χ1n) is 7.76. The van der Waals surface area contributed by atoms with Crippen LogP contribution in [0, 0.1) is 5.92 Å². The highest BCUT2D eigenvalue weighted by Crippen LogP contribution is 2.46. The van der Waals surface area contributed by atoms with Crippen LogP contribution < -0.4 is 0 Å². The third-order valence-corrected chi connectivity index (χ3v) is 4.92. The Bertz CT molecular complexity index is 472. The van der Waals surface area contributed by atoms with Crippen molar-refractivity contribution in [2.45, 2.75) is 30.5 Å². The van der Waals surface area contributed by atoms with Gasteiger partial charge in [-0.2, -0.15) is 0 Å². The standard InChI is InChI=1S/C15H23FN2O4/c1-17(2)12(19)8-21-7-11-3-6-22-15(11)9-18(10-15)13(20)14(16)4-5-14/h11H,3-10H2,1-2H3/t11-/m0/s1. The van der Waals surface area contributed by atoms with E-state index in [0.29, 0.717) is 39.1 Å². The number of likely N-dealkylation sites (N-methyl/N-ethyl adjacent to an activating group) is 1. The van der Waals surface area contributed by atoms with Crippen LogP contribution in [0.1, 0.15) is 19.3 Å². The van der Waals surface area contributed by atoms with E-state index in [0.717, 1.165) is 6.42 Å². The molecular weight excluding hydrogens is 291 g/mol. The summed E-state index contributed by atoms with van der Waals surface area (Å²) in [4.78, 5) is 26.5. The minimum absolute atomic E-state index is 0.0514. The Labute approximate surface area is 129 Å². The zero-order chi connectivity index (χ0) is 16.0. The zero-order valence-electron chi connectivity index (χ0n) is 13.1. The predicted octanol–water partition coefficient (Wildman–Crippen LogP) is 0.211.